The van der Waals surface area contributed by atoms with E-state index in [0.717, 1.165) is 30.3 Å². The van der Waals surface area contributed by atoms with Crippen molar-refractivity contribution < 1.29 is 5.11 Å². The number of aliphatic imine (C=N–C) groups is 1. The molecule has 4 bridgehead atoms. The average molecular weight is 396 g/mol. The molecule has 0 spiro atoms. The minimum Gasteiger partial charge on any atom is -0.402 e. The summed E-state index contributed by atoms with van der Waals surface area (Å²) < 4.78 is 1.96. The van der Waals surface area contributed by atoms with Gasteiger partial charge in [0.25, 0.3) is 0 Å². The molecule has 8 heteroatoms. The van der Waals surface area contributed by atoms with Crippen LogP contribution in [-0.4, -0.2) is 37.1 Å². The number of aliphatic hydroxyl groups is 1. The highest BCUT2D eigenvalue weighted by molar-refractivity contribution is 5.97. The van der Waals surface area contributed by atoms with Crippen molar-refractivity contribution in [2.75, 3.05) is 5.32 Å². The van der Waals surface area contributed by atoms with Gasteiger partial charge in [0.2, 0.25) is 5.95 Å². The Kier molecular flexibility index (Phi) is 4.10. The lowest BCUT2D eigenvalue weighted by Gasteiger charge is -2.58. The van der Waals surface area contributed by atoms with Gasteiger partial charge in [0.05, 0.1) is 11.0 Å². The molecule has 6 N–H and O–H groups in total. The van der Waals surface area contributed by atoms with Crippen molar-refractivity contribution in [2.24, 2.45) is 41.3 Å². The third-order valence-electron chi connectivity index (χ3n) is 6.85. The number of aromatic nitrogens is 3. The second kappa shape index (κ2) is 6.45. The van der Waals surface area contributed by atoms with Gasteiger partial charge in [-0.15, -0.1) is 0 Å². The molecule has 4 fully saturated rings. The molecule has 2 heterocycles. The van der Waals surface area contributed by atoms with Gasteiger partial charge in [-0.25, -0.2) is 4.99 Å². The molecular formula is C21H29N7O. The van der Waals surface area contributed by atoms with Crippen molar-refractivity contribution in [3.05, 3.63) is 24.0 Å². The second-order valence-corrected chi connectivity index (χ2v) is 9.32. The van der Waals surface area contributed by atoms with Gasteiger partial charge in [-0.1, -0.05) is 0 Å². The number of aryl methyl sites for hydroxylation is 1. The van der Waals surface area contributed by atoms with Gasteiger partial charge < -0.3 is 26.5 Å². The lowest BCUT2D eigenvalue weighted by Crippen LogP contribution is -2.59. The number of nitrogens with two attached hydrogens (primary N) is 2. The van der Waals surface area contributed by atoms with Crippen LogP contribution in [0.2, 0.25) is 0 Å². The molecule has 6 rings (SSSR count). The summed E-state index contributed by atoms with van der Waals surface area (Å²) in [6.45, 7) is 1.77. The third-order valence-corrected chi connectivity index (χ3v) is 6.85. The van der Waals surface area contributed by atoms with Crippen molar-refractivity contribution in [1.29, 1.82) is 0 Å². The van der Waals surface area contributed by atoms with Gasteiger partial charge in [0.15, 0.2) is 5.82 Å². The van der Waals surface area contributed by atoms with Gasteiger partial charge in [-0.3, -0.25) is 0 Å². The number of amidine groups is 1. The summed E-state index contributed by atoms with van der Waals surface area (Å²) in [7, 11) is 1.96. The Morgan fingerprint density at radius 1 is 1.28 bits per heavy atom. The van der Waals surface area contributed by atoms with E-state index in [0.29, 0.717) is 47.1 Å². The van der Waals surface area contributed by atoms with Crippen LogP contribution in [0.25, 0.3) is 11.0 Å². The Hall–Kier alpha value is -2.61. The standard InChI is InChI=1S/C21H29N7O/c1-11(22)5-16(23)24-18-15-3-4-28(2)19(15)27-20(26-18)25-17-13-6-12-7-14(17)10-21(29,8-12)9-13/h3-5,12-14,17,29H,6-10,22H2,1-2H3,(H3,23,24,25,26,27)/b11-5-. The van der Waals surface area contributed by atoms with Crippen LogP contribution < -0.4 is 16.8 Å². The van der Waals surface area contributed by atoms with Crippen molar-refractivity contribution in [3.8, 4) is 0 Å². The summed E-state index contributed by atoms with van der Waals surface area (Å²) in [6, 6.07) is 2.24. The Morgan fingerprint density at radius 2 is 2.00 bits per heavy atom. The van der Waals surface area contributed by atoms with Crippen LogP contribution in [0.3, 0.4) is 0 Å². The van der Waals surface area contributed by atoms with Gasteiger partial charge in [-0.05, 0) is 68.9 Å². The van der Waals surface area contributed by atoms with E-state index in [4.69, 9.17) is 21.4 Å². The zero-order valence-electron chi connectivity index (χ0n) is 17.0. The summed E-state index contributed by atoms with van der Waals surface area (Å²) in [4.78, 5) is 13.9. The second-order valence-electron chi connectivity index (χ2n) is 9.32. The molecule has 0 amide bonds. The molecule has 0 saturated heterocycles. The molecule has 4 aliphatic carbocycles. The molecule has 154 valence electrons. The van der Waals surface area contributed by atoms with E-state index in [9.17, 15) is 5.11 Å². The third kappa shape index (κ3) is 3.25. The van der Waals surface area contributed by atoms with Crippen LogP contribution in [0.5, 0.6) is 0 Å². The zero-order chi connectivity index (χ0) is 20.3. The summed E-state index contributed by atoms with van der Waals surface area (Å²) >= 11 is 0. The minimum atomic E-state index is -0.450. The SMILES string of the molecule is C/C(N)=C/C(N)=Nc1nc(NC2C3CC4CC2CC(O)(C4)C3)nc2c1ccn2C. The number of nitrogens with one attached hydrogen (secondary N) is 1. The average Bonchev–Trinajstić information content (AvgIpc) is 2.97. The first-order valence-electron chi connectivity index (χ1n) is 10.4. The smallest absolute Gasteiger partial charge is 0.226 e. The first kappa shape index (κ1) is 18.4. The largest absolute Gasteiger partial charge is 0.402 e. The van der Waals surface area contributed by atoms with Crippen molar-refractivity contribution in [3.63, 3.8) is 0 Å². The van der Waals surface area contributed by atoms with Crippen LogP contribution in [0.1, 0.15) is 39.0 Å². The van der Waals surface area contributed by atoms with Crippen LogP contribution in [-0.2, 0) is 7.05 Å². The molecule has 4 saturated carbocycles. The van der Waals surface area contributed by atoms with E-state index in [1.165, 1.54) is 12.8 Å². The number of hydrogen-bond acceptors (Lipinski definition) is 6. The molecule has 8 nitrogen and oxygen atoms in total. The zero-order valence-corrected chi connectivity index (χ0v) is 17.0. The van der Waals surface area contributed by atoms with Crippen LogP contribution >= 0.6 is 0 Å². The Balaban J connectivity index is 1.49. The fraction of sp³-hybridized carbons (Fsp3) is 0.571. The number of rotatable bonds is 4. The fourth-order valence-corrected chi connectivity index (χ4v) is 6.02. The number of anilines is 1. The predicted molar refractivity (Wildman–Crippen MR) is 114 cm³/mol. The molecule has 4 aliphatic rings. The van der Waals surface area contributed by atoms with E-state index < -0.39 is 5.60 Å². The first-order valence-corrected chi connectivity index (χ1v) is 10.4. The molecule has 2 aromatic heterocycles. The highest BCUT2D eigenvalue weighted by atomic mass is 16.3. The number of allylic oxidation sites excluding steroid dienone is 1. The molecule has 0 aromatic carbocycles. The van der Waals surface area contributed by atoms with E-state index in [-0.39, 0.29) is 0 Å². The van der Waals surface area contributed by atoms with Crippen molar-refractivity contribution >= 4 is 28.6 Å². The highest BCUT2D eigenvalue weighted by Gasteiger charge is 2.54. The maximum Gasteiger partial charge on any atom is 0.226 e. The monoisotopic (exact) mass is 395 g/mol. The van der Waals surface area contributed by atoms with E-state index in [1.807, 2.05) is 23.9 Å². The fourth-order valence-electron chi connectivity index (χ4n) is 6.02. The molecule has 0 radical (unpaired) electrons. The van der Waals surface area contributed by atoms with Gasteiger partial charge in [-0.2, -0.15) is 9.97 Å². The normalized spacial score (nSPS) is 34.2. The summed E-state index contributed by atoms with van der Waals surface area (Å²) in [5.74, 6) is 3.03. The summed E-state index contributed by atoms with van der Waals surface area (Å²) in [5.41, 5.74) is 12.7. The first-order chi connectivity index (χ1) is 13.8. The Morgan fingerprint density at radius 3 is 2.66 bits per heavy atom. The van der Waals surface area contributed by atoms with Crippen molar-refractivity contribution in [1.82, 2.24) is 14.5 Å². The van der Waals surface area contributed by atoms with Gasteiger partial charge in [0, 0.05) is 25.0 Å². The van der Waals surface area contributed by atoms with Crippen LogP contribution in [0.4, 0.5) is 11.8 Å². The molecule has 29 heavy (non-hydrogen) atoms. The maximum absolute atomic E-state index is 10.8. The van der Waals surface area contributed by atoms with Gasteiger partial charge in [0.1, 0.15) is 11.5 Å². The summed E-state index contributed by atoms with van der Waals surface area (Å²) in [5, 5.41) is 15.3. The minimum absolute atomic E-state index is 0.296. The summed E-state index contributed by atoms with van der Waals surface area (Å²) in [6.07, 6.45) is 8.67. The lowest BCUT2D eigenvalue weighted by atomic mass is 9.52. The number of hydrogen-bond donors (Lipinski definition) is 4. The van der Waals surface area contributed by atoms with E-state index in [2.05, 4.69) is 10.3 Å². The Bertz CT molecular complexity index is 1000. The molecule has 2 unspecified atom stereocenters. The molecule has 2 aromatic rings. The van der Waals surface area contributed by atoms with Gasteiger partial charge >= 0.3 is 0 Å². The highest BCUT2D eigenvalue weighted by Crippen LogP contribution is 2.56. The maximum atomic E-state index is 10.8. The van der Waals surface area contributed by atoms with Crippen molar-refractivity contribution in [2.45, 2.75) is 50.7 Å². The molecule has 0 aliphatic heterocycles. The molecule has 2 atom stereocenters. The number of nitrogens with zero attached hydrogens (tertiary/aromatic N) is 4. The lowest BCUT2D eigenvalue weighted by molar-refractivity contribution is -0.129. The quantitative estimate of drug-likeness (QED) is 0.464. The Labute approximate surface area is 170 Å². The topological polar surface area (TPSA) is 127 Å². The van der Waals surface area contributed by atoms with Crippen LogP contribution in [0.15, 0.2) is 29.0 Å². The van der Waals surface area contributed by atoms with E-state index >= 15 is 0 Å². The predicted octanol–water partition coefficient (Wildman–Crippen LogP) is 2.17. The molecular weight excluding hydrogens is 366 g/mol. The van der Waals surface area contributed by atoms with E-state index in [1.54, 1.807) is 13.0 Å². The van der Waals surface area contributed by atoms with Crippen LogP contribution in [0, 0.1) is 17.8 Å². The number of fused-ring (bicyclic) bond motifs is 1.